The molecule has 3 aromatic carbocycles. The lowest BCUT2D eigenvalue weighted by Crippen LogP contribution is -2.16. The number of nitrogens with one attached hydrogen (secondary N) is 2. The lowest BCUT2D eigenvalue weighted by molar-refractivity contribution is -0.115. The minimum atomic E-state index is -3.91. The molecular weight excluding hydrogens is 445 g/mol. The van der Waals surface area contributed by atoms with Crippen molar-refractivity contribution in [2.45, 2.75) is 11.3 Å². The molecule has 0 heterocycles. The van der Waals surface area contributed by atoms with Crippen LogP contribution in [0, 0.1) is 11.3 Å². The molecule has 6 nitrogen and oxygen atoms in total. The zero-order chi connectivity index (χ0) is 21.7. The van der Waals surface area contributed by atoms with Crippen molar-refractivity contribution >= 4 is 50.5 Å². The highest BCUT2D eigenvalue weighted by Crippen LogP contribution is 2.27. The van der Waals surface area contributed by atoms with Gasteiger partial charge in [0.2, 0.25) is 5.91 Å². The Bertz CT molecular complexity index is 1250. The quantitative estimate of drug-likeness (QED) is 0.550. The fourth-order valence-corrected chi connectivity index (χ4v) is 4.05. The lowest BCUT2D eigenvalue weighted by atomic mass is 10.1. The van der Waals surface area contributed by atoms with Gasteiger partial charge in [-0.05, 0) is 54.1 Å². The maximum Gasteiger partial charge on any atom is 0.261 e. The number of nitrogens with zero attached hydrogens (tertiary/aromatic N) is 1. The van der Waals surface area contributed by atoms with Crippen LogP contribution in [0.1, 0.15) is 11.1 Å². The molecule has 0 saturated carbocycles. The van der Waals surface area contributed by atoms with E-state index >= 15 is 0 Å². The number of rotatable bonds is 6. The molecule has 0 unspecified atom stereocenters. The Labute approximate surface area is 184 Å². The van der Waals surface area contributed by atoms with E-state index in [9.17, 15) is 13.2 Å². The molecule has 0 bridgehead atoms. The summed E-state index contributed by atoms with van der Waals surface area (Å²) in [5.74, 6) is -0.336. The highest BCUT2D eigenvalue weighted by atomic mass is 35.5. The Hall–Kier alpha value is -3.05. The molecule has 0 aliphatic heterocycles. The number of anilines is 2. The SMILES string of the molecule is N#Cc1cccc(CC(=O)Nc2cccc(S(=O)(=O)Nc3ccc(Cl)c(Cl)c3)c2)c1. The van der Waals surface area contributed by atoms with Gasteiger partial charge in [0.25, 0.3) is 10.0 Å². The van der Waals surface area contributed by atoms with Crippen LogP contribution in [-0.2, 0) is 21.2 Å². The molecule has 0 spiro atoms. The van der Waals surface area contributed by atoms with Gasteiger partial charge in [-0.25, -0.2) is 8.42 Å². The first kappa shape index (κ1) is 21.7. The van der Waals surface area contributed by atoms with Crippen molar-refractivity contribution in [3.63, 3.8) is 0 Å². The van der Waals surface area contributed by atoms with Crippen molar-refractivity contribution in [3.05, 3.63) is 87.9 Å². The molecule has 2 N–H and O–H groups in total. The van der Waals surface area contributed by atoms with Gasteiger partial charge in [-0.1, -0.05) is 41.4 Å². The first-order chi connectivity index (χ1) is 14.3. The minimum Gasteiger partial charge on any atom is -0.326 e. The number of carbonyl (C=O) groups is 1. The normalized spacial score (nSPS) is 10.8. The summed E-state index contributed by atoms with van der Waals surface area (Å²) < 4.78 is 27.8. The van der Waals surface area contributed by atoms with Gasteiger partial charge in [0.1, 0.15) is 0 Å². The van der Waals surface area contributed by atoms with Crippen molar-refractivity contribution in [3.8, 4) is 6.07 Å². The molecule has 0 aliphatic rings. The third kappa shape index (κ3) is 5.51. The molecule has 9 heteroatoms. The zero-order valence-corrected chi connectivity index (χ0v) is 17.7. The van der Waals surface area contributed by atoms with E-state index in [4.69, 9.17) is 28.5 Å². The molecule has 3 aromatic rings. The van der Waals surface area contributed by atoms with Gasteiger partial charge in [0.15, 0.2) is 0 Å². The number of hydrogen-bond donors (Lipinski definition) is 2. The third-order valence-electron chi connectivity index (χ3n) is 4.02. The van der Waals surface area contributed by atoms with Crippen molar-refractivity contribution in [1.29, 1.82) is 5.26 Å². The van der Waals surface area contributed by atoms with Crippen molar-refractivity contribution < 1.29 is 13.2 Å². The van der Waals surface area contributed by atoms with Gasteiger partial charge in [-0.3, -0.25) is 9.52 Å². The van der Waals surface area contributed by atoms with Crippen LogP contribution in [0.2, 0.25) is 10.0 Å². The molecule has 0 fully saturated rings. The van der Waals surface area contributed by atoms with E-state index in [1.807, 2.05) is 6.07 Å². The first-order valence-electron chi connectivity index (χ1n) is 8.64. The first-order valence-corrected chi connectivity index (χ1v) is 10.9. The average Bonchev–Trinajstić information content (AvgIpc) is 2.71. The minimum absolute atomic E-state index is 0.0298. The number of nitriles is 1. The van der Waals surface area contributed by atoms with E-state index in [1.54, 1.807) is 30.3 Å². The van der Waals surface area contributed by atoms with Crippen molar-refractivity contribution in [1.82, 2.24) is 0 Å². The maximum absolute atomic E-state index is 12.7. The number of hydrogen-bond acceptors (Lipinski definition) is 4. The number of amides is 1. The van der Waals surface area contributed by atoms with Crippen molar-refractivity contribution in [2.75, 3.05) is 10.0 Å². The fraction of sp³-hybridized carbons (Fsp3) is 0.0476. The van der Waals surface area contributed by atoms with Gasteiger partial charge in [0, 0.05) is 5.69 Å². The smallest absolute Gasteiger partial charge is 0.261 e. The van der Waals surface area contributed by atoms with Crippen LogP contribution in [0.15, 0.2) is 71.6 Å². The third-order valence-corrected chi connectivity index (χ3v) is 6.14. The summed E-state index contributed by atoms with van der Waals surface area (Å²) in [6.45, 7) is 0. The molecule has 0 radical (unpaired) electrons. The lowest BCUT2D eigenvalue weighted by Gasteiger charge is -2.11. The van der Waals surface area contributed by atoms with Gasteiger partial charge >= 0.3 is 0 Å². The van der Waals surface area contributed by atoms with Crippen molar-refractivity contribution in [2.24, 2.45) is 0 Å². The molecule has 3 rings (SSSR count). The van der Waals surface area contributed by atoms with Gasteiger partial charge in [-0.2, -0.15) is 5.26 Å². The van der Waals surface area contributed by atoms with E-state index in [0.29, 0.717) is 21.8 Å². The van der Waals surface area contributed by atoms with Crippen LogP contribution in [0.3, 0.4) is 0 Å². The maximum atomic E-state index is 12.7. The molecule has 0 saturated heterocycles. The predicted molar refractivity (Wildman–Crippen MR) is 117 cm³/mol. The Morgan fingerprint density at radius 3 is 2.43 bits per heavy atom. The second kappa shape index (κ2) is 9.18. The molecular formula is C21H15Cl2N3O3S. The zero-order valence-electron chi connectivity index (χ0n) is 15.4. The number of sulfonamides is 1. The second-order valence-corrected chi connectivity index (χ2v) is 8.80. The monoisotopic (exact) mass is 459 g/mol. The topological polar surface area (TPSA) is 99.1 Å². The number of carbonyl (C=O) groups excluding carboxylic acids is 1. The van der Waals surface area contributed by atoms with E-state index in [-0.39, 0.29) is 27.9 Å². The Morgan fingerprint density at radius 1 is 0.933 bits per heavy atom. The van der Waals surface area contributed by atoms with Crippen LogP contribution >= 0.6 is 23.2 Å². The van der Waals surface area contributed by atoms with Crippen LogP contribution in [-0.4, -0.2) is 14.3 Å². The average molecular weight is 460 g/mol. The van der Waals surface area contributed by atoms with Crippen LogP contribution in [0.25, 0.3) is 0 Å². The molecule has 0 aliphatic carbocycles. The summed E-state index contributed by atoms with van der Waals surface area (Å²) in [7, 11) is -3.91. The van der Waals surface area contributed by atoms with Gasteiger partial charge in [0.05, 0.1) is 38.7 Å². The summed E-state index contributed by atoms with van der Waals surface area (Å²) in [4.78, 5) is 12.3. The summed E-state index contributed by atoms with van der Waals surface area (Å²) in [6.07, 6.45) is 0.0496. The summed E-state index contributed by atoms with van der Waals surface area (Å²) in [5, 5.41) is 12.1. The standard InChI is InChI=1S/C21H15Cl2N3O3S/c22-19-8-7-17(12-20(19)23)26-30(28,29)18-6-2-5-16(11-18)25-21(27)10-14-3-1-4-15(9-14)13-24/h1-9,11-12,26H,10H2,(H,25,27). The Balaban J connectivity index is 1.73. The molecule has 0 aromatic heterocycles. The molecule has 0 atom stereocenters. The summed E-state index contributed by atoms with van der Waals surface area (Å²) in [5.41, 5.74) is 1.73. The van der Waals surface area contributed by atoms with Crippen LogP contribution in [0.5, 0.6) is 0 Å². The van der Waals surface area contributed by atoms with Crippen LogP contribution in [0.4, 0.5) is 11.4 Å². The summed E-state index contributed by atoms with van der Waals surface area (Å²) in [6, 6.07) is 19.0. The predicted octanol–water partition coefficient (Wildman–Crippen LogP) is 4.85. The fourth-order valence-electron chi connectivity index (χ4n) is 2.66. The van der Waals surface area contributed by atoms with E-state index in [0.717, 1.165) is 0 Å². The summed E-state index contributed by atoms with van der Waals surface area (Å²) >= 11 is 11.8. The largest absolute Gasteiger partial charge is 0.326 e. The number of benzene rings is 3. The highest BCUT2D eigenvalue weighted by molar-refractivity contribution is 7.92. The van der Waals surface area contributed by atoms with Crippen LogP contribution < -0.4 is 10.0 Å². The number of halogens is 2. The highest BCUT2D eigenvalue weighted by Gasteiger charge is 2.16. The van der Waals surface area contributed by atoms with E-state index in [2.05, 4.69) is 10.0 Å². The molecule has 30 heavy (non-hydrogen) atoms. The van der Waals surface area contributed by atoms with E-state index < -0.39 is 10.0 Å². The molecule has 1 amide bonds. The second-order valence-electron chi connectivity index (χ2n) is 6.30. The van der Waals surface area contributed by atoms with Gasteiger partial charge in [-0.15, -0.1) is 0 Å². The molecule has 152 valence electrons. The van der Waals surface area contributed by atoms with E-state index in [1.165, 1.54) is 36.4 Å². The van der Waals surface area contributed by atoms with Gasteiger partial charge < -0.3 is 5.32 Å². The Morgan fingerprint density at radius 2 is 1.70 bits per heavy atom. The Kier molecular flexibility index (Phi) is 6.63.